The lowest BCUT2D eigenvalue weighted by atomic mass is 9.96. The number of nitrogens with zero attached hydrogens (tertiary/aromatic N) is 6. The molecule has 0 bridgehead atoms. The van der Waals surface area contributed by atoms with E-state index < -0.39 is 10.0 Å². The number of nitrogens with two attached hydrogens (primary N) is 1. The van der Waals surface area contributed by atoms with Gasteiger partial charge in [0.2, 0.25) is 15.2 Å². The van der Waals surface area contributed by atoms with Crippen LogP contribution in [0.4, 0.5) is 0 Å². The first-order chi connectivity index (χ1) is 14.5. The van der Waals surface area contributed by atoms with Crippen molar-refractivity contribution < 1.29 is 8.42 Å². The second kappa shape index (κ2) is 9.03. The zero-order valence-electron chi connectivity index (χ0n) is 17.1. The summed E-state index contributed by atoms with van der Waals surface area (Å²) in [7, 11) is -3.76. The summed E-state index contributed by atoms with van der Waals surface area (Å²) in [6.07, 6.45) is 8.01. The van der Waals surface area contributed by atoms with Crippen LogP contribution >= 0.6 is 11.8 Å². The average molecular weight is 450 g/mol. The van der Waals surface area contributed by atoms with E-state index in [0.717, 1.165) is 48.7 Å². The Bertz CT molecular complexity index is 1120. The van der Waals surface area contributed by atoms with Gasteiger partial charge < -0.3 is 4.57 Å². The van der Waals surface area contributed by atoms with Gasteiger partial charge in [0.25, 0.3) is 0 Å². The third-order valence-corrected chi connectivity index (χ3v) is 7.42. The molecule has 9 nitrogen and oxygen atoms in total. The normalized spacial score (nSPS) is 15.8. The standard InChI is InChI=1S/C19H27N7O2S2/c1-2-3-11-25-17-10-9-15(30(20,27)28)12-16(17)21-18(25)13-29-19-22-23-24-26(19)14-7-5-4-6-8-14/h9-10,12,14H,2-8,11,13H2,1H3,(H2,20,27,28). The first-order valence-electron chi connectivity index (χ1n) is 10.4. The number of benzene rings is 1. The van der Waals surface area contributed by atoms with Crippen LogP contribution in [0.3, 0.4) is 0 Å². The highest BCUT2D eigenvalue weighted by Gasteiger charge is 2.21. The van der Waals surface area contributed by atoms with Crippen LogP contribution in [0.2, 0.25) is 0 Å². The van der Waals surface area contributed by atoms with E-state index in [2.05, 4.69) is 27.0 Å². The minimum Gasteiger partial charge on any atom is -0.327 e. The van der Waals surface area contributed by atoms with Crippen molar-refractivity contribution in [2.24, 2.45) is 5.14 Å². The summed E-state index contributed by atoms with van der Waals surface area (Å²) in [5, 5.41) is 18.5. The molecule has 2 heterocycles. The van der Waals surface area contributed by atoms with Crippen molar-refractivity contribution in [3.8, 4) is 0 Å². The van der Waals surface area contributed by atoms with E-state index in [0.29, 0.717) is 17.3 Å². The number of aryl methyl sites for hydroxylation is 1. The Morgan fingerprint density at radius 1 is 1.23 bits per heavy atom. The SMILES string of the molecule is CCCCn1c(CSc2nnnn2C2CCCCC2)nc2cc(S(N)(=O)=O)ccc21. The van der Waals surface area contributed by atoms with E-state index in [9.17, 15) is 8.42 Å². The number of sulfonamides is 1. The Labute approximate surface area is 180 Å². The minimum absolute atomic E-state index is 0.0792. The lowest BCUT2D eigenvalue weighted by molar-refractivity contribution is 0.307. The van der Waals surface area contributed by atoms with Crippen LogP contribution in [-0.2, 0) is 22.3 Å². The van der Waals surface area contributed by atoms with Crippen LogP contribution in [-0.4, -0.2) is 38.2 Å². The molecule has 1 aliphatic carbocycles. The summed E-state index contributed by atoms with van der Waals surface area (Å²) < 4.78 is 27.6. The molecule has 1 aromatic carbocycles. The summed E-state index contributed by atoms with van der Waals surface area (Å²) >= 11 is 1.57. The maximum atomic E-state index is 11.7. The number of rotatable bonds is 8. The Morgan fingerprint density at radius 3 is 2.77 bits per heavy atom. The van der Waals surface area contributed by atoms with Crippen molar-refractivity contribution in [1.82, 2.24) is 29.8 Å². The van der Waals surface area contributed by atoms with E-state index in [1.54, 1.807) is 30.0 Å². The van der Waals surface area contributed by atoms with Crippen LogP contribution in [0.25, 0.3) is 11.0 Å². The van der Waals surface area contributed by atoms with E-state index in [4.69, 9.17) is 10.1 Å². The van der Waals surface area contributed by atoms with Crippen LogP contribution in [0, 0.1) is 0 Å². The number of tetrazole rings is 1. The second-order valence-corrected chi connectivity index (χ2v) is 10.2. The molecule has 0 amide bonds. The van der Waals surface area contributed by atoms with Gasteiger partial charge in [-0.05, 0) is 47.9 Å². The number of imidazole rings is 1. The molecule has 0 aliphatic heterocycles. The zero-order valence-corrected chi connectivity index (χ0v) is 18.7. The molecule has 1 fully saturated rings. The molecule has 11 heteroatoms. The summed E-state index contributed by atoms with van der Waals surface area (Å²) in [5.41, 5.74) is 1.55. The molecule has 0 saturated heterocycles. The van der Waals surface area contributed by atoms with Gasteiger partial charge in [0, 0.05) is 6.54 Å². The van der Waals surface area contributed by atoms with Gasteiger partial charge in [-0.15, -0.1) is 5.10 Å². The van der Waals surface area contributed by atoms with Gasteiger partial charge in [0.15, 0.2) is 0 Å². The van der Waals surface area contributed by atoms with Crippen LogP contribution in [0.1, 0.15) is 63.7 Å². The predicted molar refractivity (Wildman–Crippen MR) is 116 cm³/mol. The zero-order chi connectivity index (χ0) is 21.1. The molecule has 0 atom stereocenters. The van der Waals surface area contributed by atoms with Gasteiger partial charge in [0.1, 0.15) is 5.82 Å². The van der Waals surface area contributed by atoms with Gasteiger partial charge in [-0.2, -0.15) is 0 Å². The van der Waals surface area contributed by atoms with Crippen molar-refractivity contribution in [3.63, 3.8) is 0 Å². The highest BCUT2D eigenvalue weighted by atomic mass is 32.2. The van der Waals surface area contributed by atoms with E-state index in [1.165, 1.54) is 19.3 Å². The summed E-state index contributed by atoms with van der Waals surface area (Å²) in [4.78, 5) is 4.80. The fourth-order valence-electron chi connectivity index (χ4n) is 3.98. The summed E-state index contributed by atoms with van der Waals surface area (Å²) in [6.45, 7) is 2.97. The van der Waals surface area contributed by atoms with Gasteiger partial charge in [-0.3, -0.25) is 0 Å². The number of aromatic nitrogens is 6. The molecule has 0 spiro atoms. The summed E-state index contributed by atoms with van der Waals surface area (Å²) in [6, 6.07) is 5.25. The fraction of sp³-hybridized carbons (Fsp3) is 0.579. The third kappa shape index (κ3) is 4.52. The van der Waals surface area contributed by atoms with E-state index >= 15 is 0 Å². The maximum absolute atomic E-state index is 11.7. The smallest absolute Gasteiger partial charge is 0.238 e. The molecule has 0 radical (unpaired) electrons. The van der Waals surface area contributed by atoms with Crippen molar-refractivity contribution in [1.29, 1.82) is 0 Å². The number of primary sulfonamides is 1. The maximum Gasteiger partial charge on any atom is 0.238 e. The van der Waals surface area contributed by atoms with Crippen LogP contribution in [0.15, 0.2) is 28.3 Å². The lowest BCUT2D eigenvalue weighted by Gasteiger charge is -2.21. The largest absolute Gasteiger partial charge is 0.327 e. The molecule has 2 aromatic heterocycles. The Hall–Kier alpha value is -1.98. The fourth-order valence-corrected chi connectivity index (χ4v) is 5.40. The second-order valence-electron chi connectivity index (χ2n) is 7.72. The van der Waals surface area contributed by atoms with E-state index in [-0.39, 0.29) is 4.90 Å². The quantitative estimate of drug-likeness (QED) is 0.524. The highest BCUT2D eigenvalue weighted by molar-refractivity contribution is 7.98. The molecular formula is C19H27N7O2S2. The van der Waals surface area contributed by atoms with Crippen LogP contribution in [0.5, 0.6) is 0 Å². The predicted octanol–water partition coefficient (Wildman–Crippen LogP) is 3.27. The monoisotopic (exact) mass is 449 g/mol. The van der Waals surface area contributed by atoms with Crippen molar-refractivity contribution >= 4 is 32.8 Å². The highest BCUT2D eigenvalue weighted by Crippen LogP contribution is 2.31. The third-order valence-electron chi connectivity index (χ3n) is 5.58. The molecule has 0 unspecified atom stereocenters. The number of fused-ring (bicyclic) bond motifs is 1. The molecule has 1 saturated carbocycles. The Balaban J connectivity index is 1.61. The van der Waals surface area contributed by atoms with Gasteiger partial charge >= 0.3 is 0 Å². The number of unbranched alkanes of at least 4 members (excludes halogenated alkanes) is 1. The number of hydrogen-bond acceptors (Lipinski definition) is 7. The molecule has 3 aromatic rings. The first-order valence-corrected chi connectivity index (χ1v) is 12.9. The molecule has 2 N–H and O–H groups in total. The van der Waals surface area contributed by atoms with Gasteiger partial charge in [-0.1, -0.05) is 44.4 Å². The molecular weight excluding hydrogens is 422 g/mol. The molecule has 4 rings (SSSR count). The first kappa shape index (κ1) is 21.3. The van der Waals surface area contributed by atoms with Crippen molar-refractivity contribution in [2.75, 3.05) is 0 Å². The van der Waals surface area contributed by atoms with E-state index in [1.807, 2.05) is 4.68 Å². The average Bonchev–Trinajstić information content (AvgIpc) is 3.34. The lowest BCUT2D eigenvalue weighted by Crippen LogP contribution is -2.15. The Morgan fingerprint density at radius 2 is 2.03 bits per heavy atom. The topological polar surface area (TPSA) is 122 Å². The molecule has 30 heavy (non-hydrogen) atoms. The molecule has 162 valence electrons. The van der Waals surface area contributed by atoms with Gasteiger partial charge in [-0.25, -0.2) is 23.2 Å². The minimum atomic E-state index is -3.76. The van der Waals surface area contributed by atoms with Crippen molar-refractivity contribution in [3.05, 3.63) is 24.0 Å². The molecule has 1 aliphatic rings. The number of thioether (sulfide) groups is 1. The number of hydrogen-bond donors (Lipinski definition) is 1. The van der Waals surface area contributed by atoms with Crippen molar-refractivity contribution in [2.45, 2.75) is 80.3 Å². The Kier molecular flexibility index (Phi) is 6.40. The van der Waals surface area contributed by atoms with Crippen LogP contribution < -0.4 is 5.14 Å². The summed E-state index contributed by atoms with van der Waals surface area (Å²) in [5.74, 6) is 1.49. The van der Waals surface area contributed by atoms with Gasteiger partial charge in [0.05, 0.1) is 27.7 Å².